The topological polar surface area (TPSA) is 86.0 Å². The zero-order chi connectivity index (χ0) is 16.4. The van der Waals surface area contributed by atoms with Crippen LogP contribution in [0, 0.1) is 0 Å². The maximum Gasteiger partial charge on any atom is 0.341 e. The number of carboxylic acids is 1. The maximum atomic E-state index is 11.3. The van der Waals surface area contributed by atoms with E-state index in [0.29, 0.717) is 17.1 Å². The molecule has 0 atom stereocenters. The van der Waals surface area contributed by atoms with Gasteiger partial charge in [0.2, 0.25) is 0 Å². The Bertz CT molecular complexity index is 879. The van der Waals surface area contributed by atoms with Gasteiger partial charge in [0.25, 0.3) is 0 Å². The molecule has 0 saturated heterocycles. The van der Waals surface area contributed by atoms with Crippen molar-refractivity contribution in [2.75, 3.05) is 14.2 Å². The molecule has 0 aliphatic carbocycles. The molecule has 1 radical (unpaired) electrons. The van der Waals surface area contributed by atoms with Crippen molar-refractivity contribution >= 4 is 41.2 Å². The second kappa shape index (κ2) is 7.76. The van der Waals surface area contributed by atoms with E-state index in [4.69, 9.17) is 9.47 Å². The summed E-state index contributed by atoms with van der Waals surface area (Å²) >= 11 is 0. The van der Waals surface area contributed by atoms with E-state index in [1.165, 1.54) is 10.7 Å². The van der Waals surface area contributed by atoms with Crippen molar-refractivity contribution in [2.45, 2.75) is 6.61 Å². The quantitative estimate of drug-likeness (QED) is 0.716. The van der Waals surface area contributed by atoms with Crippen LogP contribution in [-0.4, -0.2) is 69.5 Å². The SMILES string of the molecule is COCc1cc(-c2cccc(OC)c2)n2ncc(C(=O)O)c2n1.[Na]. The van der Waals surface area contributed by atoms with Gasteiger partial charge in [-0.25, -0.2) is 14.3 Å². The molecule has 0 aliphatic rings. The first-order valence-corrected chi connectivity index (χ1v) is 6.88. The van der Waals surface area contributed by atoms with Crippen molar-refractivity contribution in [1.29, 1.82) is 0 Å². The van der Waals surface area contributed by atoms with Crippen LogP contribution in [0.4, 0.5) is 0 Å². The predicted molar refractivity (Wildman–Crippen MR) is 88.4 cm³/mol. The third-order valence-corrected chi connectivity index (χ3v) is 3.41. The van der Waals surface area contributed by atoms with Crippen LogP contribution >= 0.6 is 0 Å². The molecular weight excluding hydrogens is 321 g/mol. The minimum atomic E-state index is -1.07. The molecule has 119 valence electrons. The molecule has 0 aliphatic heterocycles. The van der Waals surface area contributed by atoms with Gasteiger partial charge in [-0.1, -0.05) is 12.1 Å². The largest absolute Gasteiger partial charge is 0.497 e. The minimum absolute atomic E-state index is 0. The normalized spacial score (nSPS) is 10.4. The first kappa shape index (κ1) is 18.4. The van der Waals surface area contributed by atoms with Crippen molar-refractivity contribution in [1.82, 2.24) is 14.6 Å². The number of aromatic nitrogens is 3. The van der Waals surface area contributed by atoms with Crippen molar-refractivity contribution in [3.8, 4) is 17.0 Å². The first-order chi connectivity index (χ1) is 11.1. The molecule has 1 N–H and O–H groups in total. The van der Waals surface area contributed by atoms with Crippen LogP contribution in [0.1, 0.15) is 16.1 Å². The monoisotopic (exact) mass is 336 g/mol. The Balaban J connectivity index is 0.00000208. The van der Waals surface area contributed by atoms with Gasteiger partial charge in [-0.2, -0.15) is 5.10 Å². The van der Waals surface area contributed by atoms with E-state index < -0.39 is 5.97 Å². The molecule has 1 aromatic carbocycles. The molecule has 2 heterocycles. The van der Waals surface area contributed by atoms with Crippen LogP contribution in [-0.2, 0) is 11.3 Å². The van der Waals surface area contributed by atoms with Crippen LogP contribution in [0.5, 0.6) is 5.75 Å². The Hall–Kier alpha value is -1.93. The number of hydrogen-bond donors (Lipinski definition) is 1. The zero-order valence-corrected chi connectivity index (χ0v) is 15.7. The van der Waals surface area contributed by atoms with Gasteiger partial charge in [-0.3, -0.25) is 0 Å². The molecule has 8 heteroatoms. The van der Waals surface area contributed by atoms with Gasteiger partial charge in [0, 0.05) is 42.2 Å². The van der Waals surface area contributed by atoms with Gasteiger partial charge < -0.3 is 14.6 Å². The average Bonchev–Trinajstić information content (AvgIpc) is 2.98. The summed E-state index contributed by atoms with van der Waals surface area (Å²) < 4.78 is 11.9. The van der Waals surface area contributed by atoms with Crippen molar-refractivity contribution in [2.24, 2.45) is 0 Å². The summed E-state index contributed by atoms with van der Waals surface area (Å²) in [5.74, 6) is -0.370. The smallest absolute Gasteiger partial charge is 0.341 e. The number of nitrogens with zero attached hydrogens (tertiary/aromatic N) is 3. The summed E-state index contributed by atoms with van der Waals surface area (Å²) in [6.45, 7) is 0.276. The fourth-order valence-corrected chi connectivity index (χ4v) is 2.37. The fraction of sp³-hybridized carbons (Fsp3) is 0.188. The van der Waals surface area contributed by atoms with Gasteiger partial charge in [-0.15, -0.1) is 0 Å². The summed E-state index contributed by atoms with van der Waals surface area (Å²) in [6.07, 6.45) is 1.30. The Morgan fingerprint density at radius 1 is 1.29 bits per heavy atom. The summed E-state index contributed by atoms with van der Waals surface area (Å²) in [6, 6.07) is 9.27. The van der Waals surface area contributed by atoms with Crippen LogP contribution in [0.3, 0.4) is 0 Å². The second-order valence-electron chi connectivity index (χ2n) is 4.90. The average molecular weight is 336 g/mol. The van der Waals surface area contributed by atoms with Gasteiger partial charge >= 0.3 is 5.97 Å². The molecule has 3 rings (SSSR count). The Labute approximate surface area is 160 Å². The fourth-order valence-electron chi connectivity index (χ4n) is 2.37. The number of ether oxygens (including phenoxy) is 2. The number of benzene rings is 1. The number of fused-ring (bicyclic) bond motifs is 1. The molecule has 3 aromatic rings. The Morgan fingerprint density at radius 2 is 2.08 bits per heavy atom. The van der Waals surface area contributed by atoms with Crippen LogP contribution < -0.4 is 4.74 Å². The van der Waals surface area contributed by atoms with E-state index in [-0.39, 0.29) is 47.4 Å². The van der Waals surface area contributed by atoms with E-state index >= 15 is 0 Å². The van der Waals surface area contributed by atoms with Gasteiger partial charge in [0.05, 0.1) is 31.3 Å². The van der Waals surface area contributed by atoms with E-state index in [2.05, 4.69) is 10.1 Å². The molecular formula is C16H15N3NaO4. The number of aromatic carboxylic acids is 1. The minimum Gasteiger partial charge on any atom is -0.497 e. The molecule has 0 amide bonds. The molecule has 2 aromatic heterocycles. The van der Waals surface area contributed by atoms with Gasteiger partial charge in [-0.05, 0) is 18.2 Å². The molecule has 0 fully saturated rings. The summed E-state index contributed by atoms with van der Waals surface area (Å²) in [7, 11) is 3.15. The second-order valence-corrected chi connectivity index (χ2v) is 4.90. The first-order valence-electron chi connectivity index (χ1n) is 6.88. The number of rotatable bonds is 5. The number of methoxy groups -OCH3 is 2. The number of hydrogen-bond acceptors (Lipinski definition) is 5. The van der Waals surface area contributed by atoms with E-state index in [0.717, 1.165) is 5.56 Å². The van der Waals surface area contributed by atoms with E-state index in [1.807, 2.05) is 30.3 Å². The molecule has 0 spiro atoms. The maximum absolute atomic E-state index is 11.3. The van der Waals surface area contributed by atoms with Crippen molar-refractivity contribution in [3.63, 3.8) is 0 Å². The van der Waals surface area contributed by atoms with Crippen LogP contribution in [0.2, 0.25) is 0 Å². The third kappa shape index (κ3) is 3.44. The molecule has 0 saturated carbocycles. The molecule has 0 unspecified atom stereocenters. The van der Waals surface area contributed by atoms with Gasteiger partial charge in [0.15, 0.2) is 5.65 Å². The summed E-state index contributed by atoms with van der Waals surface area (Å²) in [5, 5.41) is 13.5. The van der Waals surface area contributed by atoms with Crippen molar-refractivity contribution < 1.29 is 19.4 Å². The third-order valence-electron chi connectivity index (χ3n) is 3.41. The van der Waals surface area contributed by atoms with Gasteiger partial charge in [0.1, 0.15) is 11.3 Å². The summed E-state index contributed by atoms with van der Waals surface area (Å²) in [4.78, 5) is 15.7. The van der Waals surface area contributed by atoms with E-state index in [1.54, 1.807) is 14.2 Å². The standard InChI is InChI=1S/C16H15N3O4.Na/c1-22-9-11-7-14(10-4-3-5-12(6-10)23-2)19-15(18-11)13(8-17-19)16(20)21;/h3-8H,9H2,1-2H3,(H,20,21);. The van der Waals surface area contributed by atoms with Crippen LogP contribution in [0.15, 0.2) is 36.5 Å². The zero-order valence-electron chi connectivity index (χ0n) is 13.7. The molecule has 0 bridgehead atoms. The van der Waals surface area contributed by atoms with Crippen LogP contribution in [0.25, 0.3) is 16.9 Å². The molecule has 7 nitrogen and oxygen atoms in total. The Kier molecular flexibility index (Phi) is 5.95. The Morgan fingerprint density at radius 3 is 2.75 bits per heavy atom. The predicted octanol–water partition coefficient (Wildman–Crippen LogP) is 1.87. The number of carbonyl (C=O) groups is 1. The van der Waals surface area contributed by atoms with Crippen molar-refractivity contribution in [3.05, 3.63) is 47.8 Å². The number of carboxylic acid groups (broad SMARTS) is 1. The molecule has 24 heavy (non-hydrogen) atoms. The summed E-state index contributed by atoms with van der Waals surface area (Å²) in [5.41, 5.74) is 2.51. The van der Waals surface area contributed by atoms with E-state index in [9.17, 15) is 9.90 Å².